The molecule has 0 radical (unpaired) electrons. The van der Waals surface area contributed by atoms with Gasteiger partial charge in [0.05, 0.1) is 6.20 Å². The summed E-state index contributed by atoms with van der Waals surface area (Å²) in [5.41, 5.74) is 0. The molecule has 0 saturated heterocycles. The molecule has 0 N–H and O–H groups in total. The van der Waals surface area contributed by atoms with Crippen molar-refractivity contribution in [1.82, 2.24) is 19.7 Å². The number of rotatable bonds is 3. The fraction of sp³-hybridized carbons (Fsp3) is 0.300. The highest BCUT2D eigenvalue weighted by molar-refractivity contribution is 9.10. The number of halogens is 1. The molecule has 84 valence electrons. The summed E-state index contributed by atoms with van der Waals surface area (Å²) in [5.74, 6) is 2.37. The van der Waals surface area contributed by atoms with E-state index in [0.717, 1.165) is 16.3 Å². The first-order chi connectivity index (χ1) is 7.66. The standard InChI is InChI=1S/C10H11BrN4O/c1-7-13-14-10(15(7)2)6-16-8-3-4-9(11)12-5-8/h3-5H,6H2,1-2H3. The molecule has 2 aromatic rings. The lowest BCUT2D eigenvalue weighted by Crippen LogP contribution is -2.04. The zero-order valence-electron chi connectivity index (χ0n) is 9.01. The summed E-state index contributed by atoms with van der Waals surface area (Å²) < 4.78 is 8.22. The lowest BCUT2D eigenvalue weighted by Gasteiger charge is -2.05. The van der Waals surface area contributed by atoms with Crippen molar-refractivity contribution in [2.24, 2.45) is 7.05 Å². The highest BCUT2D eigenvalue weighted by atomic mass is 79.9. The number of hydrogen-bond donors (Lipinski definition) is 0. The van der Waals surface area contributed by atoms with E-state index in [1.165, 1.54) is 0 Å². The van der Waals surface area contributed by atoms with E-state index < -0.39 is 0 Å². The van der Waals surface area contributed by atoms with Gasteiger partial charge in [0.1, 0.15) is 22.8 Å². The van der Waals surface area contributed by atoms with Crippen LogP contribution < -0.4 is 4.74 Å². The first kappa shape index (κ1) is 11.1. The molecule has 2 aromatic heterocycles. The van der Waals surface area contributed by atoms with E-state index in [1.54, 1.807) is 6.20 Å². The minimum Gasteiger partial charge on any atom is -0.484 e. The summed E-state index contributed by atoms with van der Waals surface area (Å²) in [6.07, 6.45) is 1.66. The maximum Gasteiger partial charge on any atom is 0.170 e. The number of aromatic nitrogens is 4. The van der Waals surface area contributed by atoms with Crippen LogP contribution in [0.1, 0.15) is 11.6 Å². The summed E-state index contributed by atoms with van der Waals surface area (Å²) >= 11 is 3.26. The van der Waals surface area contributed by atoms with E-state index in [9.17, 15) is 0 Å². The Morgan fingerprint density at radius 3 is 2.75 bits per heavy atom. The van der Waals surface area contributed by atoms with Gasteiger partial charge in [0, 0.05) is 7.05 Å². The minimum atomic E-state index is 0.390. The maximum atomic E-state index is 5.53. The molecule has 2 heterocycles. The van der Waals surface area contributed by atoms with E-state index in [1.807, 2.05) is 30.7 Å². The van der Waals surface area contributed by atoms with E-state index in [0.29, 0.717) is 12.4 Å². The Morgan fingerprint density at radius 2 is 2.19 bits per heavy atom. The second-order valence-electron chi connectivity index (χ2n) is 3.33. The zero-order valence-corrected chi connectivity index (χ0v) is 10.6. The third kappa shape index (κ3) is 2.38. The summed E-state index contributed by atoms with van der Waals surface area (Å²) in [5, 5.41) is 7.96. The van der Waals surface area contributed by atoms with Crippen LogP contribution in [0.2, 0.25) is 0 Å². The summed E-state index contributed by atoms with van der Waals surface area (Å²) in [7, 11) is 1.91. The van der Waals surface area contributed by atoms with Crippen molar-refractivity contribution >= 4 is 15.9 Å². The average molecular weight is 283 g/mol. The third-order valence-corrected chi connectivity index (χ3v) is 2.72. The second kappa shape index (κ2) is 4.61. The highest BCUT2D eigenvalue weighted by Gasteiger charge is 2.05. The molecular weight excluding hydrogens is 272 g/mol. The van der Waals surface area contributed by atoms with Crippen LogP contribution in [0.3, 0.4) is 0 Å². The molecule has 0 bridgehead atoms. The van der Waals surface area contributed by atoms with Gasteiger partial charge < -0.3 is 9.30 Å². The van der Waals surface area contributed by atoms with E-state index in [-0.39, 0.29) is 0 Å². The predicted octanol–water partition coefficient (Wildman–Crippen LogP) is 1.86. The topological polar surface area (TPSA) is 52.8 Å². The molecule has 0 aliphatic carbocycles. The van der Waals surface area contributed by atoms with Gasteiger partial charge in [-0.25, -0.2) is 4.98 Å². The van der Waals surface area contributed by atoms with E-state index in [4.69, 9.17) is 4.74 Å². The van der Waals surface area contributed by atoms with Gasteiger partial charge in [0.25, 0.3) is 0 Å². The van der Waals surface area contributed by atoms with Gasteiger partial charge in [-0.2, -0.15) is 0 Å². The molecule has 0 atom stereocenters. The number of ether oxygens (including phenoxy) is 1. The van der Waals surface area contributed by atoms with E-state index in [2.05, 4.69) is 31.1 Å². The largest absolute Gasteiger partial charge is 0.484 e. The lowest BCUT2D eigenvalue weighted by molar-refractivity contribution is 0.290. The normalized spacial score (nSPS) is 10.4. The highest BCUT2D eigenvalue weighted by Crippen LogP contribution is 2.13. The van der Waals surface area contributed by atoms with Crippen LogP contribution in [0, 0.1) is 6.92 Å². The van der Waals surface area contributed by atoms with Gasteiger partial charge in [0.15, 0.2) is 5.82 Å². The van der Waals surface area contributed by atoms with Crippen molar-refractivity contribution in [3.63, 3.8) is 0 Å². The Bertz CT molecular complexity index is 480. The van der Waals surface area contributed by atoms with Crippen LogP contribution >= 0.6 is 15.9 Å². The molecule has 16 heavy (non-hydrogen) atoms. The van der Waals surface area contributed by atoms with Crippen molar-refractivity contribution < 1.29 is 4.74 Å². The molecule has 2 rings (SSSR count). The molecular formula is C10H11BrN4O. The molecule has 6 heteroatoms. The zero-order chi connectivity index (χ0) is 11.5. The molecule has 5 nitrogen and oxygen atoms in total. The number of hydrogen-bond acceptors (Lipinski definition) is 4. The lowest BCUT2D eigenvalue weighted by atomic mass is 10.5. The number of pyridine rings is 1. The van der Waals surface area contributed by atoms with Crippen LogP contribution in [0.5, 0.6) is 5.75 Å². The third-order valence-electron chi connectivity index (χ3n) is 2.25. The molecule has 0 saturated carbocycles. The molecule has 0 spiro atoms. The first-order valence-electron chi connectivity index (χ1n) is 4.76. The molecule has 0 fully saturated rings. The quantitative estimate of drug-likeness (QED) is 0.807. The second-order valence-corrected chi connectivity index (χ2v) is 4.14. The summed E-state index contributed by atoms with van der Waals surface area (Å²) in [4.78, 5) is 4.07. The van der Waals surface area contributed by atoms with Crippen LogP contribution in [-0.2, 0) is 13.7 Å². The van der Waals surface area contributed by atoms with Crippen molar-refractivity contribution in [2.75, 3.05) is 0 Å². The average Bonchev–Trinajstić information content (AvgIpc) is 2.60. The van der Waals surface area contributed by atoms with Gasteiger partial charge in [-0.15, -0.1) is 10.2 Å². The van der Waals surface area contributed by atoms with Gasteiger partial charge in [-0.1, -0.05) is 0 Å². The Balaban J connectivity index is 2.02. The number of nitrogens with zero attached hydrogens (tertiary/aromatic N) is 4. The van der Waals surface area contributed by atoms with Crippen LogP contribution in [0.25, 0.3) is 0 Å². The Kier molecular flexibility index (Phi) is 3.19. The number of aryl methyl sites for hydroxylation is 1. The molecule has 0 amide bonds. The molecule has 0 unspecified atom stereocenters. The monoisotopic (exact) mass is 282 g/mol. The Hall–Kier alpha value is -1.43. The maximum absolute atomic E-state index is 5.53. The summed E-state index contributed by atoms with van der Waals surface area (Å²) in [6.45, 7) is 2.29. The fourth-order valence-corrected chi connectivity index (χ4v) is 1.41. The smallest absolute Gasteiger partial charge is 0.170 e. The summed E-state index contributed by atoms with van der Waals surface area (Å²) in [6, 6.07) is 3.68. The SMILES string of the molecule is Cc1nnc(COc2ccc(Br)nc2)n1C. The fourth-order valence-electron chi connectivity index (χ4n) is 1.17. The van der Waals surface area contributed by atoms with Crippen LogP contribution in [-0.4, -0.2) is 19.7 Å². The Labute approximate surface area is 102 Å². The van der Waals surface area contributed by atoms with Crippen LogP contribution in [0.15, 0.2) is 22.9 Å². The van der Waals surface area contributed by atoms with E-state index >= 15 is 0 Å². The van der Waals surface area contributed by atoms with Crippen LogP contribution in [0.4, 0.5) is 0 Å². The molecule has 0 aliphatic heterocycles. The van der Waals surface area contributed by atoms with Gasteiger partial charge in [0.2, 0.25) is 0 Å². The van der Waals surface area contributed by atoms with Crippen molar-refractivity contribution in [2.45, 2.75) is 13.5 Å². The first-order valence-corrected chi connectivity index (χ1v) is 5.55. The van der Waals surface area contributed by atoms with Crippen molar-refractivity contribution in [1.29, 1.82) is 0 Å². The molecule has 0 aliphatic rings. The van der Waals surface area contributed by atoms with Gasteiger partial charge in [-0.3, -0.25) is 0 Å². The van der Waals surface area contributed by atoms with Crippen molar-refractivity contribution in [3.8, 4) is 5.75 Å². The van der Waals surface area contributed by atoms with Gasteiger partial charge >= 0.3 is 0 Å². The molecule has 0 aromatic carbocycles. The van der Waals surface area contributed by atoms with Gasteiger partial charge in [-0.05, 0) is 35.0 Å². The predicted molar refractivity (Wildman–Crippen MR) is 62.0 cm³/mol. The Morgan fingerprint density at radius 1 is 1.38 bits per heavy atom. The minimum absolute atomic E-state index is 0.390. The van der Waals surface area contributed by atoms with Crippen molar-refractivity contribution in [3.05, 3.63) is 34.6 Å².